The molecule has 13 heteroatoms. The summed E-state index contributed by atoms with van der Waals surface area (Å²) in [6.07, 6.45) is -3.07. The van der Waals surface area contributed by atoms with Gasteiger partial charge in [0.05, 0.1) is 11.3 Å². The maximum Gasteiger partial charge on any atom is 0.416 e. The SMILES string of the molecule is CN/C(=C\C1=C(N)NCCN1Cc1cc(Cl)ccc1C(F)(F)F)C(=O)Nc1ccc(C(=O)N2CCNCC2)cc1. The number of nitrogens with two attached hydrogens (primary N) is 1. The van der Waals surface area contributed by atoms with E-state index >= 15 is 0 Å². The number of halogens is 4. The molecule has 2 aliphatic rings. The van der Waals surface area contributed by atoms with Crippen molar-refractivity contribution in [3.63, 3.8) is 0 Å². The summed E-state index contributed by atoms with van der Waals surface area (Å²) in [6.45, 7) is 3.39. The molecule has 0 bridgehead atoms. The molecule has 0 spiro atoms. The minimum atomic E-state index is -4.56. The van der Waals surface area contributed by atoms with Crippen LogP contribution in [0.4, 0.5) is 18.9 Å². The van der Waals surface area contributed by atoms with Gasteiger partial charge in [-0.05, 0) is 54.1 Å². The molecule has 2 aromatic rings. The lowest BCUT2D eigenvalue weighted by Gasteiger charge is -2.33. The van der Waals surface area contributed by atoms with Gasteiger partial charge in [0.1, 0.15) is 11.5 Å². The van der Waals surface area contributed by atoms with E-state index in [9.17, 15) is 22.8 Å². The van der Waals surface area contributed by atoms with E-state index in [0.29, 0.717) is 43.1 Å². The van der Waals surface area contributed by atoms with Crippen molar-refractivity contribution in [3.8, 4) is 0 Å². The predicted octanol–water partition coefficient (Wildman–Crippen LogP) is 2.68. The molecule has 6 N–H and O–H groups in total. The van der Waals surface area contributed by atoms with Gasteiger partial charge in [-0.3, -0.25) is 9.59 Å². The first-order valence-corrected chi connectivity index (χ1v) is 13.1. The molecule has 0 aromatic heterocycles. The minimum Gasteiger partial charge on any atom is -0.384 e. The second-order valence-corrected chi connectivity index (χ2v) is 9.76. The van der Waals surface area contributed by atoms with E-state index in [1.807, 2.05) is 0 Å². The number of anilines is 1. The van der Waals surface area contributed by atoms with E-state index in [2.05, 4.69) is 21.3 Å². The molecule has 0 unspecified atom stereocenters. The molecule has 0 saturated carbocycles. The lowest BCUT2D eigenvalue weighted by Crippen LogP contribution is -2.46. The molecular weight excluding hydrogens is 547 g/mol. The van der Waals surface area contributed by atoms with E-state index < -0.39 is 17.6 Å². The number of rotatable bonds is 7. The zero-order valence-electron chi connectivity index (χ0n) is 21.9. The van der Waals surface area contributed by atoms with Crippen LogP contribution in [0.1, 0.15) is 21.5 Å². The Kier molecular flexibility index (Phi) is 9.10. The van der Waals surface area contributed by atoms with Gasteiger partial charge in [-0.1, -0.05) is 11.6 Å². The second-order valence-electron chi connectivity index (χ2n) is 9.33. The van der Waals surface area contributed by atoms with Crippen LogP contribution in [0, 0.1) is 0 Å². The first kappa shape index (κ1) is 29.1. The van der Waals surface area contributed by atoms with Crippen LogP contribution in [0.2, 0.25) is 5.02 Å². The minimum absolute atomic E-state index is 0.00786. The quantitative estimate of drug-likeness (QED) is 0.322. The van der Waals surface area contributed by atoms with Crippen molar-refractivity contribution in [2.45, 2.75) is 12.7 Å². The van der Waals surface area contributed by atoms with Crippen LogP contribution >= 0.6 is 11.6 Å². The van der Waals surface area contributed by atoms with Gasteiger partial charge in [-0.15, -0.1) is 0 Å². The molecule has 0 aliphatic carbocycles. The standard InChI is InChI=1S/C27H31ClF3N7O2/c1-33-22(25(39)36-20-5-2-17(3-6-20)26(40)37-11-8-34-9-12-37)15-23-24(32)35-10-13-38(23)16-18-14-19(28)4-7-21(18)27(29,30)31/h2-7,14-15,33-35H,8-13,16,32H2,1H3,(H,36,39)/b22-15-. The molecule has 0 radical (unpaired) electrons. The molecule has 4 rings (SSSR count). The highest BCUT2D eigenvalue weighted by atomic mass is 35.5. The summed E-state index contributed by atoms with van der Waals surface area (Å²) in [7, 11) is 1.55. The fraction of sp³-hybridized carbons (Fsp3) is 0.333. The summed E-state index contributed by atoms with van der Waals surface area (Å²) in [6, 6.07) is 10.0. The Morgan fingerprint density at radius 2 is 1.77 bits per heavy atom. The molecule has 1 fully saturated rings. The normalized spacial score (nSPS) is 16.5. The zero-order chi connectivity index (χ0) is 28.9. The Morgan fingerprint density at radius 1 is 1.07 bits per heavy atom. The smallest absolute Gasteiger partial charge is 0.384 e. The maximum atomic E-state index is 13.6. The summed E-state index contributed by atoms with van der Waals surface area (Å²) in [5, 5.41) is 12.0. The number of nitrogens with one attached hydrogen (secondary N) is 4. The van der Waals surface area contributed by atoms with E-state index in [1.54, 1.807) is 41.1 Å². The van der Waals surface area contributed by atoms with Crippen LogP contribution in [-0.2, 0) is 17.5 Å². The van der Waals surface area contributed by atoms with Crippen molar-refractivity contribution in [1.82, 2.24) is 25.8 Å². The van der Waals surface area contributed by atoms with Gasteiger partial charge in [0, 0.05) is 69.1 Å². The van der Waals surface area contributed by atoms with E-state index in [1.165, 1.54) is 18.2 Å². The van der Waals surface area contributed by atoms with E-state index in [0.717, 1.165) is 19.2 Å². The number of carbonyl (C=O) groups is 2. The van der Waals surface area contributed by atoms with Crippen LogP contribution < -0.4 is 27.0 Å². The van der Waals surface area contributed by atoms with Gasteiger partial charge in [0.2, 0.25) is 0 Å². The highest BCUT2D eigenvalue weighted by Crippen LogP contribution is 2.34. The van der Waals surface area contributed by atoms with Crippen molar-refractivity contribution in [1.29, 1.82) is 0 Å². The summed E-state index contributed by atoms with van der Waals surface area (Å²) >= 11 is 6.01. The van der Waals surface area contributed by atoms with Crippen LogP contribution in [-0.4, -0.2) is 67.9 Å². The first-order valence-electron chi connectivity index (χ1n) is 12.7. The van der Waals surface area contributed by atoms with Crippen LogP contribution in [0.25, 0.3) is 0 Å². The lowest BCUT2D eigenvalue weighted by molar-refractivity contribution is -0.138. The number of nitrogens with zero attached hydrogens (tertiary/aromatic N) is 2. The number of amides is 2. The average Bonchev–Trinajstić information content (AvgIpc) is 2.92. The highest BCUT2D eigenvalue weighted by Gasteiger charge is 2.34. The maximum absolute atomic E-state index is 13.6. The molecule has 2 heterocycles. The number of piperazine rings is 1. The van der Waals surface area contributed by atoms with Gasteiger partial charge in [0.25, 0.3) is 11.8 Å². The highest BCUT2D eigenvalue weighted by molar-refractivity contribution is 6.30. The fourth-order valence-corrected chi connectivity index (χ4v) is 4.74. The number of allylic oxidation sites excluding steroid dienone is 1. The predicted molar refractivity (Wildman–Crippen MR) is 147 cm³/mol. The molecule has 40 heavy (non-hydrogen) atoms. The second kappa shape index (κ2) is 12.5. The molecule has 1 saturated heterocycles. The topological polar surface area (TPSA) is 115 Å². The molecular formula is C27H31ClF3N7O2. The van der Waals surface area contributed by atoms with Gasteiger partial charge >= 0.3 is 6.18 Å². The Labute approximate surface area is 235 Å². The van der Waals surface area contributed by atoms with Crippen molar-refractivity contribution in [3.05, 3.63) is 87.5 Å². The molecule has 0 atom stereocenters. The summed E-state index contributed by atoms with van der Waals surface area (Å²) in [5.41, 5.74) is 6.86. The van der Waals surface area contributed by atoms with Gasteiger partial charge in [-0.2, -0.15) is 13.2 Å². The van der Waals surface area contributed by atoms with Crippen LogP contribution in [0.15, 0.2) is 65.8 Å². The summed E-state index contributed by atoms with van der Waals surface area (Å²) in [5.74, 6) is -0.345. The Hall–Kier alpha value is -3.90. The zero-order valence-corrected chi connectivity index (χ0v) is 22.6. The number of alkyl halides is 3. The van der Waals surface area contributed by atoms with Gasteiger partial charge < -0.3 is 36.8 Å². The average molecular weight is 578 g/mol. The molecule has 9 nitrogen and oxygen atoms in total. The molecule has 2 aromatic carbocycles. The van der Waals surface area contributed by atoms with Crippen molar-refractivity contribution < 1.29 is 22.8 Å². The van der Waals surface area contributed by atoms with Crippen LogP contribution in [0.5, 0.6) is 0 Å². The molecule has 214 valence electrons. The summed E-state index contributed by atoms with van der Waals surface area (Å²) in [4.78, 5) is 29.2. The number of benzene rings is 2. The number of carbonyl (C=O) groups excluding carboxylic acids is 2. The van der Waals surface area contributed by atoms with Crippen molar-refractivity contribution in [2.75, 3.05) is 51.6 Å². The fourth-order valence-electron chi connectivity index (χ4n) is 4.55. The lowest BCUT2D eigenvalue weighted by atomic mass is 10.1. The Balaban J connectivity index is 1.51. The van der Waals surface area contributed by atoms with Crippen molar-refractivity contribution >= 4 is 29.1 Å². The van der Waals surface area contributed by atoms with Gasteiger partial charge in [-0.25, -0.2) is 0 Å². The number of hydrogen-bond acceptors (Lipinski definition) is 7. The number of likely N-dealkylation sites (N-methyl/N-ethyl adjacent to an activating group) is 1. The molecule has 2 aliphatic heterocycles. The third-order valence-corrected chi connectivity index (χ3v) is 6.87. The van der Waals surface area contributed by atoms with Crippen molar-refractivity contribution in [2.24, 2.45) is 5.73 Å². The number of hydrogen-bond donors (Lipinski definition) is 5. The van der Waals surface area contributed by atoms with E-state index in [4.69, 9.17) is 17.3 Å². The summed E-state index contributed by atoms with van der Waals surface area (Å²) < 4.78 is 40.9. The van der Waals surface area contributed by atoms with Crippen LogP contribution in [0.3, 0.4) is 0 Å². The third-order valence-electron chi connectivity index (χ3n) is 6.64. The molecule has 2 amide bonds. The van der Waals surface area contributed by atoms with Gasteiger partial charge in [0.15, 0.2) is 0 Å². The third kappa shape index (κ3) is 6.99. The Morgan fingerprint density at radius 3 is 2.42 bits per heavy atom. The Bertz CT molecular complexity index is 1310. The van der Waals surface area contributed by atoms with E-state index in [-0.39, 0.29) is 34.6 Å². The largest absolute Gasteiger partial charge is 0.416 e. The monoisotopic (exact) mass is 577 g/mol. The first-order chi connectivity index (χ1) is 19.1.